The molecule has 2 nitrogen and oxygen atoms in total. The molecule has 13 heavy (non-hydrogen) atoms. The Hall–Kier alpha value is -0.150. The van der Waals surface area contributed by atoms with Crippen molar-refractivity contribution in [3.05, 3.63) is 0 Å². The second kappa shape index (κ2) is 8.45. The lowest BCUT2D eigenvalue weighted by Crippen LogP contribution is -2.30. The average Bonchev–Trinajstić information content (AvgIpc) is 2.36. The summed E-state index contributed by atoms with van der Waals surface area (Å²) in [4.78, 5) is 4.50. The van der Waals surface area contributed by atoms with Gasteiger partial charge in [-0.2, -0.15) is 0 Å². The van der Waals surface area contributed by atoms with Crippen LogP contribution in [0.5, 0.6) is 0 Å². The van der Waals surface area contributed by atoms with Gasteiger partial charge in [-0.25, -0.2) is 4.39 Å². The molecule has 1 rings (SSSR count). The van der Waals surface area contributed by atoms with Crippen LogP contribution in [0.4, 0.5) is 4.39 Å². The van der Waals surface area contributed by atoms with Crippen LogP contribution in [0.15, 0.2) is 0 Å². The SMILES string of the molecule is CC.CN1CCCN(CCF)CC1. The largest absolute Gasteiger partial charge is 0.305 e. The number of likely N-dealkylation sites (N-methyl/N-ethyl adjacent to an activating group) is 1. The maximum Gasteiger partial charge on any atom is 0.102 e. The summed E-state index contributed by atoms with van der Waals surface area (Å²) in [6.07, 6.45) is 1.18. The lowest BCUT2D eigenvalue weighted by atomic mass is 10.4. The first-order chi connectivity index (χ1) is 6.33. The highest BCUT2D eigenvalue weighted by atomic mass is 19.1. The molecule has 0 bridgehead atoms. The molecule has 80 valence electrons. The molecule has 0 aromatic rings. The van der Waals surface area contributed by atoms with Gasteiger partial charge >= 0.3 is 0 Å². The molecule has 0 aliphatic carbocycles. The van der Waals surface area contributed by atoms with Crippen molar-refractivity contribution < 1.29 is 4.39 Å². The van der Waals surface area contributed by atoms with E-state index in [1.807, 2.05) is 13.8 Å². The predicted octanol–water partition coefficient (Wildman–Crippen LogP) is 1.62. The summed E-state index contributed by atoms with van der Waals surface area (Å²) in [5, 5.41) is 0. The van der Waals surface area contributed by atoms with Gasteiger partial charge in [0.1, 0.15) is 6.67 Å². The molecule has 1 saturated heterocycles. The van der Waals surface area contributed by atoms with Crippen molar-refractivity contribution in [2.75, 3.05) is 46.4 Å². The fraction of sp³-hybridized carbons (Fsp3) is 1.00. The molecule has 0 radical (unpaired) electrons. The number of rotatable bonds is 2. The smallest absolute Gasteiger partial charge is 0.102 e. The van der Waals surface area contributed by atoms with Crippen LogP contribution in [0.25, 0.3) is 0 Å². The van der Waals surface area contributed by atoms with Gasteiger partial charge < -0.3 is 4.90 Å². The fourth-order valence-corrected chi connectivity index (χ4v) is 1.44. The van der Waals surface area contributed by atoms with Crippen molar-refractivity contribution in [3.63, 3.8) is 0 Å². The van der Waals surface area contributed by atoms with Gasteiger partial charge in [0.25, 0.3) is 0 Å². The van der Waals surface area contributed by atoms with Crippen LogP contribution in [-0.2, 0) is 0 Å². The molecular formula is C10H23FN2. The molecule has 0 aromatic carbocycles. The monoisotopic (exact) mass is 190 g/mol. The number of nitrogens with zero attached hydrogens (tertiary/aromatic N) is 2. The summed E-state index contributed by atoms with van der Waals surface area (Å²) in [5.41, 5.74) is 0. The first kappa shape index (κ1) is 12.8. The molecule has 1 heterocycles. The Morgan fingerprint density at radius 1 is 1.08 bits per heavy atom. The minimum atomic E-state index is -0.205. The lowest BCUT2D eigenvalue weighted by molar-refractivity contribution is 0.252. The van der Waals surface area contributed by atoms with E-state index in [1.54, 1.807) is 0 Å². The maximum atomic E-state index is 12.0. The van der Waals surface area contributed by atoms with Crippen molar-refractivity contribution in [2.24, 2.45) is 0 Å². The van der Waals surface area contributed by atoms with E-state index in [9.17, 15) is 4.39 Å². The van der Waals surface area contributed by atoms with E-state index in [0.29, 0.717) is 6.54 Å². The Morgan fingerprint density at radius 2 is 1.77 bits per heavy atom. The van der Waals surface area contributed by atoms with Crippen molar-refractivity contribution >= 4 is 0 Å². The fourth-order valence-electron chi connectivity index (χ4n) is 1.44. The molecule has 1 fully saturated rings. The molecule has 0 unspecified atom stereocenters. The molecule has 0 saturated carbocycles. The Labute approximate surface area is 81.7 Å². The number of halogens is 1. The summed E-state index contributed by atoms with van der Waals surface area (Å²) in [7, 11) is 2.12. The van der Waals surface area contributed by atoms with E-state index in [-0.39, 0.29) is 6.67 Å². The molecular weight excluding hydrogens is 167 g/mol. The highest BCUT2D eigenvalue weighted by Crippen LogP contribution is 1.99. The summed E-state index contributed by atoms with van der Waals surface area (Å²) in [6, 6.07) is 0. The zero-order valence-corrected chi connectivity index (χ0v) is 9.22. The highest BCUT2D eigenvalue weighted by Gasteiger charge is 2.10. The molecule has 0 spiro atoms. The van der Waals surface area contributed by atoms with Crippen LogP contribution in [0, 0.1) is 0 Å². The van der Waals surface area contributed by atoms with Gasteiger partial charge in [-0.15, -0.1) is 0 Å². The van der Waals surface area contributed by atoms with Gasteiger partial charge in [0, 0.05) is 19.6 Å². The third kappa shape index (κ3) is 5.99. The van der Waals surface area contributed by atoms with Gasteiger partial charge in [0.2, 0.25) is 0 Å². The number of hydrogen-bond donors (Lipinski definition) is 0. The van der Waals surface area contributed by atoms with Crippen LogP contribution in [0.1, 0.15) is 20.3 Å². The molecule has 0 aromatic heterocycles. The molecule has 1 aliphatic heterocycles. The van der Waals surface area contributed by atoms with E-state index in [1.165, 1.54) is 6.42 Å². The van der Waals surface area contributed by atoms with Gasteiger partial charge in [-0.1, -0.05) is 13.8 Å². The third-order valence-corrected chi connectivity index (χ3v) is 2.21. The van der Waals surface area contributed by atoms with Crippen LogP contribution in [-0.4, -0.2) is 56.2 Å². The summed E-state index contributed by atoms with van der Waals surface area (Å²) in [6.45, 7) is 8.75. The van der Waals surface area contributed by atoms with Gasteiger partial charge in [-0.05, 0) is 26.6 Å². The Kier molecular flexibility index (Phi) is 8.35. The van der Waals surface area contributed by atoms with Crippen molar-refractivity contribution in [1.29, 1.82) is 0 Å². The Balaban J connectivity index is 0.000000671. The quantitative estimate of drug-likeness (QED) is 0.653. The molecule has 3 heteroatoms. The maximum absolute atomic E-state index is 12.0. The van der Waals surface area contributed by atoms with E-state index in [4.69, 9.17) is 0 Å². The first-order valence-corrected chi connectivity index (χ1v) is 5.30. The minimum Gasteiger partial charge on any atom is -0.305 e. The van der Waals surface area contributed by atoms with E-state index in [2.05, 4.69) is 16.8 Å². The van der Waals surface area contributed by atoms with Gasteiger partial charge in [0.15, 0.2) is 0 Å². The second-order valence-electron chi connectivity index (χ2n) is 3.19. The predicted molar refractivity (Wildman–Crippen MR) is 55.9 cm³/mol. The van der Waals surface area contributed by atoms with Crippen LogP contribution < -0.4 is 0 Å². The zero-order chi connectivity index (χ0) is 10.1. The van der Waals surface area contributed by atoms with Crippen molar-refractivity contribution in [2.45, 2.75) is 20.3 Å². The van der Waals surface area contributed by atoms with Gasteiger partial charge in [-0.3, -0.25) is 4.90 Å². The Morgan fingerprint density at radius 3 is 2.38 bits per heavy atom. The van der Waals surface area contributed by atoms with Crippen LogP contribution in [0.3, 0.4) is 0 Å². The van der Waals surface area contributed by atoms with E-state index >= 15 is 0 Å². The summed E-state index contributed by atoms with van der Waals surface area (Å²) >= 11 is 0. The minimum absolute atomic E-state index is 0.205. The molecule has 0 amide bonds. The Bertz CT molecular complexity index is 109. The van der Waals surface area contributed by atoms with Crippen molar-refractivity contribution in [3.8, 4) is 0 Å². The highest BCUT2D eigenvalue weighted by molar-refractivity contribution is 4.66. The van der Waals surface area contributed by atoms with Gasteiger partial charge in [0.05, 0.1) is 0 Å². The number of hydrogen-bond acceptors (Lipinski definition) is 2. The van der Waals surface area contributed by atoms with E-state index in [0.717, 1.165) is 26.2 Å². The molecule has 0 N–H and O–H groups in total. The standard InChI is InChI=1S/C8H17FN2.C2H6/c1-10-4-2-5-11(6-3-9)8-7-10;1-2/h2-8H2,1H3;1-2H3. The molecule has 1 aliphatic rings. The zero-order valence-electron chi connectivity index (χ0n) is 9.22. The topological polar surface area (TPSA) is 6.48 Å². The molecule has 0 atom stereocenters. The van der Waals surface area contributed by atoms with Crippen LogP contribution >= 0.6 is 0 Å². The van der Waals surface area contributed by atoms with Crippen LogP contribution in [0.2, 0.25) is 0 Å². The third-order valence-electron chi connectivity index (χ3n) is 2.21. The van der Waals surface area contributed by atoms with E-state index < -0.39 is 0 Å². The lowest BCUT2D eigenvalue weighted by Gasteiger charge is -2.17. The average molecular weight is 190 g/mol. The first-order valence-electron chi connectivity index (χ1n) is 5.30. The normalized spacial score (nSPS) is 20.3. The van der Waals surface area contributed by atoms with Crippen molar-refractivity contribution in [1.82, 2.24) is 9.80 Å². The summed E-state index contributed by atoms with van der Waals surface area (Å²) in [5.74, 6) is 0. The summed E-state index contributed by atoms with van der Waals surface area (Å²) < 4.78 is 12.0. The number of alkyl halides is 1. The second-order valence-corrected chi connectivity index (χ2v) is 3.19.